The summed E-state index contributed by atoms with van der Waals surface area (Å²) >= 11 is 0. The molecule has 0 aliphatic heterocycles. The Kier molecular flexibility index (Phi) is 4.05. The molecule has 0 aliphatic carbocycles. The maximum absolute atomic E-state index is 5.77. The fraction of sp³-hybridized carbons (Fsp3) is 0.312. The molecule has 2 rings (SSSR count). The van der Waals surface area contributed by atoms with E-state index in [4.69, 9.17) is 10.5 Å². The molecule has 2 aromatic rings. The molecule has 0 saturated carbocycles. The molecule has 0 fully saturated rings. The number of nitrogens with two attached hydrogens (primary N) is 1. The van der Waals surface area contributed by atoms with Gasteiger partial charge in [-0.3, -0.25) is 0 Å². The smallest absolute Gasteiger partial charge is 0.222 e. The van der Waals surface area contributed by atoms with E-state index in [-0.39, 0.29) is 0 Å². The summed E-state index contributed by atoms with van der Waals surface area (Å²) in [4.78, 5) is 4.20. The van der Waals surface area contributed by atoms with Crippen molar-refractivity contribution in [2.24, 2.45) is 0 Å². The van der Waals surface area contributed by atoms with Crippen LogP contribution in [0.1, 0.15) is 37.3 Å². The number of hydrogen-bond acceptors (Lipinski definition) is 3. The Hall–Kier alpha value is -2.03. The molecule has 0 amide bonds. The Morgan fingerprint density at radius 3 is 2.53 bits per heavy atom. The van der Waals surface area contributed by atoms with E-state index in [9.17, 15) is 0 Å². The first-order valence-corrected chi connectivity index (χ1v) is 6.60. The summed E-state index contributed by atoms with van der Waals surface area (Å²) in [6.07, 6.45) is 2.74. The SMILES string of the molecule is CCC(C)c1ccc(Oc2ncc(N)cc2C)cc1. The van der Waals surface area contributed by atoms with Gasteiger partial charge in [-0.1, -0.05) is 26.0 Å². The fourth-order valence-corrected chi connectivity index (χ4v) is 1.90. The zero-order chi connectivity index (χ0) is 13.8. The highest BCUT2D eigenvalue weighted by atomic mass is 16.5. The molecule has 100 valence electrons. The minimum absolute atomic E-state index is 0.574. The normalized spacial score (nSPS) is 12.2. The van der Waals surface area contributed by atoms with E-state index >= 15 is 0 Å². The number of hydrogen-bond donors (Lipinski definition) is 1. The second kappa shape index (κ2) is 5.74. The van der Waals surface area contributed by atoms with Gasteiger partial charge >= 0.3 is 0 Å². The van der Waals surface area contributed by atoms with Crippen molar-refractivity contribution in [2.75, 3.05) is 5.73 Å². The van der Waals surface area contributed by atoms with E-state index in [1.54, 1.807) is 6.20 Å². The monoisotopic (exact) mass is 256 g/mol. The standard InChI is InChI=1S/C16H20N2O/c1-4-11(2)13-5-7-15(8-6-13)19-16-12(3)9-14(17)10-18-16/h5-11H,4,17H2,1-3H3. The predicted octanol–water partition coefficient (Wildman–Crippen LogP) is 4.28. The Bertz CT molecular complexity index is 549. The van der Waals surface area contributed by atoms with Crippen LogP contribution in [-0.4, -0.2) is 4.98 Å². The molecule has 0 radical (unpaired) electrons. The summed E-state index contributed by atoms with van der Waals surface area (Å²) in [5.41, 5.74) is 8.59. The number of pyridine rings is 1. The third-order valence-electron chi connectivity index (χ3n) is 3.33. The minimum atomic E-state index is 0.574. The second-order valence-corrected chi connectivity index (χ2v) is 4.87. The average molecular weight is 256 g/mol. The molecule has 1 heterocycles. The van der Waals surface area contributed by atoms with Crippen LogP contribution in [0, 0.1) is 6.92 Å². The number of aryl methyl sites for hydroxylation is 1. The number of benzene rings is 1. The molecule has 0 saturated heterocycles. The number of anilines is 1. The lowest BCUT2D eigenvalue weighted by molar-refractivity contribution is 0.459. The molecule has 0 spiro atoms. The maximum atomic E-state index is 5.77. The zero-order valence-corrected chi connectivity index (χ0v) is 11.7. The van der Waals surface area contributed by atoms with Gasteiger partial charge in [-0.25, -0.2) is 4.98 Å². The van der Waals surface area contributed by atoms with E-state index in [1.165, 1.54) is 5.56 Å². The summed E-state index contributed by atoms with van der Waals surface area (Å²) < 4.78 is 5.77. The topological polar surface area (TPSA) is 48.1 Å². The molecule has 1 atom stereocenters. The van der Waals surface area contributed by atoms with Crippen molar-refractivity contribution in [3.05, 3.63) is 47.7 Å². The number of aromatic nitrogens is 1. The molecule has 1 aromatic heterocycles. The molecule has 0 bridgehead atoms. The van der Waals surface area contributed by atoms with Crippen molar-refractivity contribution < 1.29 is 4.74 Å². The number of nitrogens with zero attached hydrogens (tertiary/aromatic N) is 1. The number of rotatable bonds is 4. The summed E-state index contributed by atoms with van der Waals surface area (Å²) in [7, 11) is 0. The van der Waals surface area contributed by atoms with Crippen LogP contribution >= 0.6 is 0 Å². The lowest BCUT2D eigenvalue weighted by Gasteiger charge is -2.11. The lowest BCUT2D eigenvalue weighted by Crippen LogP contribution is -1.95. The van der Waals surface area contributed by atoms with Gasteiger partial charge in [0.25, 0.3) is 0 Å². The van der Waals surface area contributed by atoms with Gasteiger partial charge in [0.05, 0.1) is 11.9 Å². The van der Waals surface area contributed by atoms with Gasteiger partial charge in [0.2, 0.25) is 5.88 Å². The quantitative estimate of drug-likeness (QED) is 0.888. The number of nitrogen functional groups attached to an aromatic ring is 1. The largest absolute Gasteiger partial charge is 0.439 e. The van der Waals surface area contributed by atoms with Gasteiger partial charge in [-0.2, -0.15) is 0 Å². The van der Waals surface area contributed by atoms with Crippen molar-refractivity contribution in [3.63, 3.8) is 0 Å². The Labute approximate surface area is 114 Å². The van der Waals surface area contributed by atoms with Gasteiger partial charge in [-0.05, 0) is 43.0 Å². The Morgan fingerprint density at radius 1 is 1.26 bits per heavy atom. The molecule has 3 heteroatoms. The van der Waals surface area contributed by atoms with Gasteiger partial charge < -0.3 is 10.5 Å². The Balaban J connectivity index is 2.15. The summed E-state index contributed by atoms with van der Waals surface area (Å²) in [5, 5.41) is 0. The first-order chi connectivity index (χ1) is 9.10. The summed E-state index contributed by atoms with van der Waals surface area (Å²) in [6, 6.07) is 10.0. The van der Waals surface area contributed by atoms with Crippen molar-refractivity contribution in [3.8, 4) is 11.6 Å². The average Bonchev–Trinajstić information content (AvgIpc) is 2.42. The third-order valence-corrected chi connectivity index (χ3v) is 3.33. The molecule has 19 heavy (non-hydrogen) atoms. The van der Waals surface area contributed by atoms with Crippen LogP contribution in [0.15, 0.2) is 36.5 Å². The van der Waals surface area contributed by atoms with E-state index in [2.05, 4.69) is 31.0 Å². The van der Waals surface area contributed by atoms with Crippen molar-refractivity contribution in [2.45, 2.75) is 33.1 Å². The molecular formula is C16H20N2O. The van der Waals surface area contributed by atoms with Gasteiger partial charge in [0.15, 0.2) is 0 Å². The van der Waals surface area contributed by atoms with Crippen LogP contribution in [0.3, 0.4) is 0 Å². The van der Waals surface area contributed by atoms with Crippen LogP contribution in [0.25, 0.3) is 0 Å². The number of ether oxygens (including phenoxy) is 1. The molecule has 1 unspecified atom stereocenters. The van der Waals surface area contributed by atoms with E-state index in [1.807, 2.05) is 25.1 Å². The van der Waals surface area contributed by atoms with E-state index < -0.39 is 0 Å². The first-order valence-electron chi connectivity index (χ1n) is 6.60. The van der Waals surface area contributed by atoms with Gasteiger partial charge in [0, 0.05) is 5.56 Å². The zero-order valence-electron chi connectivity index (χ0n) is 11.7. The fourth-order valence-electron chi connectivity index (χ4n) is 1.90. The minimum Gasteiger partial charge on any atom is -0.439 e. The van der Waals surface area contributed by atoms with Crippen molar-refractivity contribution in [1.29, 1.82) is 0 Å². The molecular weight excluding hydrogens is 236 g/mol. The highest BCUT2D eigenvalue weighted by Gasteiger charge is 2.06. The lowest BCUT2D eigenvalue weighted by atomic mass is 9.99. The molecule has 1 aromatic carbocycles. The van der Waals surface area contributed by atoms with E-state index in [0.717, 1.165) is 17.7 Å². The highest BCUT2D eigenvalue weighted by molar-refractivity contribution is 5.43. The van der Waals surface area contributed by atoms with Crippen LogP contribution in [-0.2, 0) is 0 Å². The van der Waals surface area contributed by atoms with Crippen LogP contribution in [0.5, 0.6) is 11.6 Å². The molecule has 2 N–H and O–H groups in total. The second-order valence-electron chi connectivity index (χ2n) is 4.87. The molecule has 0 aliphatic rings. The van der Waals surface area contributed by atoms with Crippen molar-refractivity contribution >= 4 is 5.69 Å². The summed E-state index contributed by atoms with van der Waals surface area (Å²) in [5.74, 6) is 1.98. The highest BCUT2D eigenvalue weighted by Crippen LogP contribution is 2.26. The predicted molar refractivity (Wildman–Crippen MR) is 78.6 cm³/mol. The van der Waals surface area contributed by atoms with Crippen molar-refractivity contribution in [1.82, 2.24) is 4.98 Å². The summed E-state index contributed by atoms with van der Waals surface area (Å²) in [6.45, 7) is 6.35. The Morgan fingerprint density at radius 2 is 1.95 bits per heavy atom. The van der Waals surface area contributed by atoms with Gasteiger partial charge in [0.1, 0.15) is 5.75 Å². The van der Waals surface area contributed by atoms with Crippen LogP contribution in [0.2, 0.25) is 0 Å². The van der Waals surface area contributed by atoms with Crippen LogP contribution in [0.4, 0.5) is 5.69 Å². The van der Waals surface area contributed by atoms with Gasteiger partial charge in [-0.15, -0.1) is 0 Å². The molecule has 3 nitrogen and oxygen atoms in total. The third kappa shape index (κ3) is 3.25. The van der Waals surface area contributed by atoms with Crippen LogP contribution < -0.4 is 10.5 Å². The van der Waals surface area contributed by atoms with E-state index in [0.29, 0.717) is 17.5 Å². The first kappa shape index (κ1) is 13.4. The maximum Gasteiger partial charge on any atom is 0.222 e.